The molecule has 0 saturated carbocycles. The Labute approximate surface area is 172 Å². The molecule has 0 saturated heterocycles. The fourth-order valence-corrected chi connectivity index (χ4v) is 2.80. The van der Waals surface area contributed by atoms with Gasteiger partial charge in [0.1, 0.15) is 0 Å². The Bertz CT molecular complexity index is 474. The van der Waals surface area contributed by atoms with Crippen molar-refractivity contribution in [3.05, 3.63) is 42.5 Å². The third kappa shape index (κ3) is 20.5. The van der Waals surface area contributed by atoms with Crippen LogP contribution in [0.2, 0.25) is 0 Å². The van der Waals surface area contributed by atoms with E-state index in [-0.39, 0.29) is 0 Å². The fourth-order valence-electron chi connectivity index (χ4n) is 2.80. The molecule has 0 bridgehead atoms. The quantitative estimate of drug-likeness (QED) is 0.175. The van der Waals surface area contributed by atoms with Gasteiger partial charge in [0.25, 0.3) is 0 Å². The number of carboxylic acids is 1. The second-order valence-corrected chi connectivity index (χ2v) is 7.04. The Morgan fingerprint density at radius 1 is 0.893 bits per heavy atom. The number of anilines is 1. The molecule has 0 spiro atoms. The third-order valence-electron chi connectivity index (χ3n) is 4.37. The van der Waals surface area contributed by atoms with E-state index < -0.39 is 5.97 Å². The first-order valence-electron chi connectivity index (χ1n) is 11.0. The summed E-state index contributed by atoms with van der Waals surface area (Å²) in [4.78, 5) is 15.0. The van der Waals surface area contributed by atoms with E-state index >= 15 is 0 Å². The highest BCUT2D eigenvalue weighted by Gasteiger charge is 1.94. The largest absolute Gasteiger partial charge is 0.478 e. The number of nitrogens with one attached hydrogen (secondary N) is 1. The average molecular weight is 392 g/mol. The third-order valence-corrected chi connectivity index (χ3v) is 4.37. The maximum absolute atomic E-state index is 9.51. The Hall–Kier alpha value is -1.81. The van der Waals surface area contributed by atoms with Crippen LogP contribution in [0.15, 0.2) is 42.5 Å². The number of allylic oxidation sites excluding steroid dienone is 1. The van der Waals surface area contributed by atoms with Crippen LogP contribution in [0.4, 0.5) is 5.69 Å². The summed E-state index contributed by atoms with van der Waals surface area (Å²) in [7, 11) is 0. The summed E-state index contributed by atoms with van der Waals surface area (Å²) >= 11 is 0. The van der Waals surface area contributed by atoms with E-state index in [2.05, 4.69) is 12.4 Å². The van der Waals surface area contributed by atoms with Crippen LogP contribution in [0.5, 0.6) is 0 Å². The van der Waals surface area contributed by atoms with E-state index in [9.17, 15) is 4.79 Å². The lowest BCUT2D eigenvalue weighted by Gasteiger charge is -2.06. The number of para-hydroxylation sites is 1. The second-order valence-electron chi connectivity index (χ2n) is 7.04. The molecule has 1 aromatic carbocycles. The number of carboxylic acid groups (broad SMARTS) is 1. The molecule has 0 atom stereocenters. The highest BCUT2D eigenvalue weighted by molar-refractivity contribution is 5.79. The van der Waals surface area contributed by atoms with Gasteiger partial charge in [-0.3, -0.25) is 10.3 Å². The summed E-state index contributed by atoms with van der Waals surface area (Å²) in [6.45, 7) is 4.74. The molecule has 0 aliphatic rings. The highest BCUT2D eigenvalue weighted by Crippen LogP contribution is 2.12. The average Bonchev–Trinajstić information content (AvgIpc) is 2.69. The predicted molar refractivity (Wildman–Crippen MR) is 120 cm³/mol. The first-order chi connectivity index (χ1) is 13.7. The lowest BCUT2D eigenvalue weighted by molar-refractivity contribution is -0.131. The fraction of sp³-hybridized carbons (Fsp3) is 0.625. The van der Waals surface area contributed by atoms with E-state index in [0.29, 0.717) is 0 Å². The van der Waals surface area contributed by atoms with Crippen LogP contribution in [-0.4, -0.2) is 17.7 Å². The number of carbonyl (C=O) groups is 1. The van der Waals surface area contributed by atoms with Gasteiger partial charge in [0.05, 0.1) is 12.3 Å². The van der Waals surface area contributed by atoms with E-state index in [0.717, 1.165) is 24.8 Å². The van der Waals surface area contributed by atoms with E-state index in [1.54, 1.807) is 6.92 Å². The molecular weight excluding hydrogens is 350 g/mol. The SMILES string of the molecule is CC=CC(=O)O.CCCCCCCCCCCCCCONc1ccccc1. The van der Waals surface area contributed by atoms with Crippen LogP contribution < -0.4 is 5.48 Å². The number of unbranched alkanes of at least 4 members (excludes halogenated alkanes) is 11. The molecule has 0 radical (unpaired) electrons. The molecular formula is C24H41NO3. The summed E-state index contributed by atoms with van der Waals surface area (Å²) in [6.07, 6.45) is 19.1. The summed E-state index contributed by atoms with van der Waals surface area (Å²) in [5.74, 6) is -0.891. The Kier molecular flexibility index (Phi) is 20.1. The molecule has 0 aromatic heterocycles. The molecule has 1 aromatic rings. The van der Waals surface area contributed by atoms with Gasteiger partial charge in [-0.2, -0.15) is 0 Å². The van der Waals surface area contributed by atoms with Crippen molar-refractivity contribution in [2.75, 3.05) is 12.1 Å². The molecule has 4 nitrogen and oxygen atoms in total. The summed E-state index contributed by atoms with van der Waals surface area (Å²) in [5.41, 5.74) is 4.01. The van der Waals surface area contributed by atoms with Crippen molar-refractivity contribution in [3.8, 4) is 0 Å². The van der Waals surface area contributed by atoms with Crippen molar-refractivity contribution in [2.45, 2.75) is 90.9 Å². The minimum absolute atomic E-state index is 0.798. The van der Waals surface area contributed by atoms with Gasteiger partial charge in [0, 0.05) is 6.08 Å². The number of rotatable bonds is 16. The van der Waals surface area contributed by atoms with Crippen molar-refractivity contribution in [2.24, 2.45) is 0 Å². The van der Waals surface area contributed by atoms with Gasteiger partial charge in [-0.15, -0.1) is 0 Å². The van der Waals surface area contributed by atoms with Gasteiger partial charge in [-0.25, -0.2) is 4.79 Å². The second kappa shape index (κ2) is 21.5. The van der Waals surface area contributed by atoms with Gasteiger partial charge in [0.2, 0.25) is 0 Å². The topological polar surface area (TPSA) is 58.6 Å². The molecule has 2 N–H and O–H groups in total. The smallest absolute Gasteiger partial charge is 0.327 e. The van der Waals surface area contributed by atoms with Crippen LogP contribution in [0.1, 0.15) is 90.9 Å². The molecule has 0 amide bonds. The van der Waals surface area contributed by atoms with Gasteiger partial charge in [-0.05, 0) is 25.5 Å². The zero-order chi connectivity index (χ0) is 20.7. The Morgan fingerprint density at radius 2 is 1.39 bits per heavy atom. The number of hydrogen-bond acceptors (Lipinski definition) is 3. The van der Waals surface area contributed by atoms with Crippen LogP contribution in [0.25, 0.3) is 0 Å². The summed E-state index contributed by atoms with van der Waals surface area (Å²) in [5, 5.41) is 7.83. The van der Waals surface area contributed by atoms with Crippen LogP contribution in [0, 0.1) is 0 Å². The maximum atomic E-state index is 9.51. The van der Waals surface area contributed by atoms with Gasteiger partial charge < -0.3 is 5.11 Å². The van der Waals surface area contributed by atoms with Gasteiger partial charge in [-0.1, -0.05) is 102 Å². The molecule has 4 heteroatoms. The van der Waals surface area contributed by atoms with Gasteiger partial charge in [0.15, 0.2) is 0 Å². The maximum Gasteiger partial charge on any atom is 0.327 e. The van der Waals surface area contributed by atoms with Crippen molar-refractivity contribution >= 4 is 11.7 Å². The number of aliphatic carboxylic acids is 1. The zero-order valence-corrected chi connectivity index (χ0v) is 18.0. The van der Waals surface area contributed by atoms with Crippen LogP contribution in [-0.2, 0) is 9.63 Å². The molecule has 0 fully saturated rings. The molecule has 0 unspecified atom stereocenters. The van der Waals surface area contributed by atoms with Crippen molar-refractivity contribution < 1.29 is 14.7 Å². The molecule has 28 heavy (non-hydrogen) atoms. The molecule has 160 valence electrons. The van der Waals surface area contributed by atoms with Crippen LogP contribution >= 0.6 is 0 Å². The molecule has 1 rings (SSSR count). The van der Waals surface area contributed by atoms with E-state index in [4.69, 9.17) is 9.94 Å². The van der Waals surface area contributed by atoms with E-state index in [1.807, 2.05) is 30.3 Å². The van der Waals surface area contributed by atoms with Crippen molar-refractivity contribution in [1.29, 1.82) is 0 Å². The summed E-state index contributed by atoms with van der Waals surface area (Å²) < 4.78 is 0. The minimum Gasteiger partial charge on any atom is -0.478 e. The van der Waals surface area contributed by atoms with Crippen molar-refractivity contribution in [1.82, 2.24) is 0 Å². The highest BCUT2D eigenvalue weighted by atomic mass is 16.6. The monoisotopic (exact) mass is 391 g/mol. The Balaban J connectivity index is 0.00000105. The normalized spacial score (nSPS) is 10.5. The lowest BCUT2D eigenvalue weighted by atomic mass is 10.1. The van der Waals surface area contributed by atoms with Gasteiger partial charge >= 0.3 is 5.97 Å². The van der Waals surface area contributed by atoms with E-state index in [1.165, 1.54) is 76.7 Å². The standard InChI is InChI=1S/C20H35NO.C4H6O2/c1-2-3-4-5-6-7-8-9-10-11-12-16-19-22-21-20-17-14-13-15-18-20;1-2-3-4(5)6/h13-15,17-18,21H,2-12,16,19H2,1H3;2-3H,1H3,(H,5,6). The minimum atomic E-state index is -0.891. The zero-order valence-electron chi connectivity index (χ0n) is 18.0. The molecule has 0 heterocycles. The first-order valence-corrected chi connectivity index (χ1v) is 11.0. The van der Waals surface area contributed by atoms with Crippen LogP contribution in [0.3, 0.4) is 0 Å². The number of hydrogen-bond donors (Lipinski definition) is 2. The summed E-state index contributed by atoms with van der Waals surface area (Å²) in [6, 6.07) is 10.1. The predicted octanol–water partition coefficient (Wildman–Crippen LogP) is 7.38. The lowest BCUT2D eigenvalue weighted by Crippen LogP contribution is -2.02. The molecule has 0 aliphatic carbocycles. The van der Waals surface area contributed by atoms with Crippen molar-refractivity contribution in [3.63, 3.8) is 0 Å². The number of benzene rings is 1. The molecule has 0 aliphatic heterocycles. The Morgan fingerprint density at radius 3 is 1.82 bits per heavy atom. The first kappa shape index (κ1) is 26.2.